The fourth-order valence-corrected chi connectivity index (χ4v) is 1.74. The largest absolute Gasteiger partial charge is 0.480 e. The summed E-state index contributed by atoms with van der Waals surface area (Å²) < 4.78 is 1.32. The zero-order valence-corrected chi connectivity index (χ0v) is 11.2. The summed E-state index contributed by atoms with van der Waals surface area (Å²) in [4.78, 5) is 22.7. The highest BCUT2D eigenvalue weighted by atomic mass is 35.5. The number of rotatable bonds is 4. The van der Waals surface area contributed by atoms with Gasteiger partial charge in [-0.1, -0.05) is 23.2 Å². The maximum atomic E-state index is 11.8. The number of nitrogens with zero attached hydrogens (tertiary/aromatic N) is 1. The lowest BCUT2D eigenvalue weighted by molar-refractivity contribution is -0.141. The van der Waals surface area contributed by atoms with Crippen LogP contribution in [0.4, 0.5) is 0 Å². The monoisotopic (exact) mass is 294 g/mol. The van der Waals surface area contributed by atoms with Gasteiger partial charge in [0, 0.05) is 7.05 Å². The number of aromatic nitrogens is 1. The zero-order valence-electron chi connectivity index (χ0n) is 9.65. The minimum atomic E-state index is -1.40. The van der Waals surface area contributed by atoms with Gasteiger partial charge in [0.25, 0.3) is 5.91 Å². The number of carbonyl (C=O) groups is 2. The van der Waals surface area contributed by atoms with Crippen LogP contribution in [0.3, 0.4) is 0 Å². The van der Waals surface area contributed by atoms with Gasteiger partial charge in [-0.2, -0.15) is 0 Å². The van der Waals surface area contributed by atoms with Crippen molar-refractivity contribution < 1.29 is 19.8 Å². The van der Waals surface area contributed by atoms with E-state index in [0.717, 1.165) is 0 Å². The molecule has 0 aliphatic rings. The molecule has 1 amide bonds. The molecule has 0 saturated carbocycles. The van der Waals surface area contributed by atoms with Crippen molar-refractivity contribution in [3.63, 3.8) is 0 Å². The predicted molar refractivity (Wildman–Crippen MR) is 66.0 cm³/mol. The molecule has 0 spiro atoms. The Morgan fingerprint density at radius 2 is 2.00 bits per heavy atom. The molecule has 1 aromatic rings. The van der Waals surface area contributed by atoms with E-state index in [0.29, 0.717) is 0 Å². The smallest absolute Gasteiger partial charge is 0.328 e. The second kappa shape index (κ2) is 5.60. The molecule has 2 atom stereocenters. The zero-order chi connectivity index (χ0) is 14.0. The Morgan fingerprint density at radius 3 is 2.33 bits per heavy atom. The number of hydrogen-bond acceptors (Lipinski definition) is 3. The van der Waals surface area contributed by atoms with E-state index in [4.69, 9.17) is 28.3 Å². The van der Waals surface area contributed by atoms with Gasteiger partial charge in [0.1, 0.15) is 10.8 Å². The standard InChI is InChI=1S/C10H12Cl2N2O4/c1-4(15)7(10(17)18)13-9(16)6-3-5(11)8(12)14(6)2/h3-4,7,15H,1-2H3,(H,13,16)(H,17,18)/t4-,7+/m1/s1. The number of aliphatic hydroxyl groups excluding tert-OH is 1. The summed E-state index contributed by atoms with van der Waals surface area (Å²) in [5.74, 6) is -2.01. The van der Waals surface area contributed by atoms with E-state index in [-0.39, 0.29) is 15.9 Å². The molecule has 0 aromatic carbocycles. The molecule has 3 N–H and O–H groups in total. The summed E-state index contributed by atoms with van der Waals surface area (Å²) in [5, 5.41) is 20.6. The number of carbonyl (C=O) groups excluding carboxylic acids is 1. The van der Waals surface area contributed by atoms with Crippen LogP contribution in [0.15, 0.2) is 6.07 Å². The van der Waals surface area contributed by atoms with Gasteiger partial charge in [0.2, 0.25) is 0 Å². The van der Waals surface area contributed by atoms with Crippen molar-refractivity contribution in [3.05, 3.63) is 21.9 Å². The summed E-state index contributed by atoms with van der Waals surface area (Å²) >= 11 is 11.5. The van der Waals surface area contributed by atoms with E-state index >= 15 is 0 Å². The summed E-state index contributed by atoms with van der Waals surface area (Å²) in [6, 6.07) is -0.0786. The van der Waals surface area contributed by atoms with Crippen molar-refractivity contribution >= 4 is 35.1 Å². The van der Waals surface area contributed by atoms with Crippen molar-refractivity contribution in [2.45, 2.75) is 19.1 Å². The second-order valence-corrected chi connectivity index (χ2v) is 4.52. The quantitative estimate of drug-likeness (QED) is 0.769. The average Bonchev–Trinajstić information content (AvgIpc) is 2.52. The Kier molecular flexibility index (Phi) is 4.61. The fraction of sp³-hybridized carbons (Fsp3) is 0.400. The number of amides is 1. The molecule has 100 valence electrons. The third-order valence-corrected chi connectivity index (χ3v) is 3.23. The Balaban J connectivity index is 2.94. The molecule has 1 heterocycles. The third-order valence-electron chi connectivity index (χ3n) is 2.38. The highest BCUT2D eigenvalue weighted by Crippen LogP contribution is 2.25. The van der Waals surface area contributed by atoms with Crippen molar-refractivity contribution in [1.29, 1.82) is 0 Å². The van der Waals surface area contributed by atoms with Crippen LogP contribution in [0, 0.1) is 0 Å². The number of halogens is 2. The van der Waals surface area contributed by atoms with E-state index in [9.17, 15) is 14.7 Å². The molecule has 1 aromatic heterocycles. The van der Waals surface area contributed by atoms with Crippen molar-refractivity contribution in [1.82, 2.24) is 9.88 Å². The summed E-state index contributed by atoms with van der Waals surface area (Å²) in [6.45, 7) is 1.27. The number of hydrogen-bond donors (Lipinski definition) is 3. The predicted octanol–water partition coefficient (Wildman–Crippen LogP) is 0.896. The maximum absolute atomic E-state index is 11.8. The van der Waals surface area contributed by atoms with Crippen LogP contribution in [-0.2, 0) is 11.8 Å². The molecular formula is C10H12Cl2N2O4. The van der Waals surface area contributed by atoms with Gasteiger partial charge < -0.3 is 20.1 Å². The number of carboxylic acid groups (broad SMARTS) is 1. The molecule has 0 unspecified atom stereocenters. The van der Waals surface area contributed by atoms with Gasteiger partial charge in [-0.25, -0.2) is 4.79 Å². The first kappa shape index (κ1) is 14.8. The molecule has 0 aliphatic heterocycles. The number of nitrogens with one attached hydrogen (secondary N) is 1. The van der Waals surface area contributed by atoms with Crippen molar-refractivity contribution in [2.24, 2.45) is 7.05 Å². The molecule has 0 saturated heterocycles. The Bertz CT molecular complexity index is 484. The number of aliphatic hydroxyl groups is 1. The number of aliphatic carboxylic acids is 1. The first-order valence-electron chi connectivity index (χ1n) is 4.98. The Labute approximate surface area is 113 Å². The first-order valence-corrected chi connectivity index (χ1v) is 5.73. The molecule has 8 heteroatoms. The van der Waals surface area contributed by atoms with Crippen LogP contribution < -0.4 is 5.32 Å². The molecule has 0 aliphatic carbocycles. The molecule has 0 fully saturated rings. The minimum absolute atomic E-state index is 0.108. The first-order chi connectivity index (χ1) is 8.25. The second-order valence-electron chi connectivity index (χ2n) is 3.76. The Morgan fingerprint density at radius 1 is 1.44 bits per heavy atom. The lowest BCUT2D eigenvalue weighted by Gasteiger charge is -2.17. The maximum Gasteiger partial charge on any atom is 0.328 e. The van der Waals surface area contributed by atoms with Gasteiger partial charge in [-0.3, -0.25) is 4.79 Å². The number of carboxylic acids is 1. The average molecular weight is 295 g/mol. The normalized spacial score (nSPS) is 14.1. The highest BCUT2D eigenvalue weighted by Gasteiger charge is 2.27. The van der Waals surface area contributed by atoms with Crippen LogP contribution >= 0.6 is 23.2 Å². The van der Waals surface area contributed by atoms with Crippen LogP contribution in [-0.4, -0.2) is 38.8 Å². The lowest BCUT2D eigenvalue weighted by atomic mass is 10.2. The molecule has 1 rings (SSSR count). The molecule has 6 nitrogen and oxygen atoms in total. The summed E-state index contributed by atoms with van der Waals surface area (Å²) in [7, 11) is 1.52. The van der Waals surface area contributed by atoms with Crippen molar-refractivity contribution in [3.8, 4) is 0 Å². The van der Waals surface area contributed by atoms with E-state index in [1.165, 1.54) is 24.6 Å². The van der Waals surface area contributed by atoms with Crippen LogP contribution in [0.2, 0.25) is 10.2 Å². The fourth-order valence-electron chi connectivity index (χ4n) is 1.36. The summed E-state index contributed by atoms with van der Waals surface area (Å²) in [6.07, 6.45) is -1.22. The Hall–Kier alpha value is -1.24. The molecule has 18 heavy (non-hydrogen) atoms. The van der Waals surface area contributed by atoms with E-state index in [2.05, 4.69) is 5.32 Å². The van der Waals surface area contributed by atoms with Crippen LogP contribution in [0.5, 0.6) is 0 Å². The lowest BCUT2D eigenvalue weighted by Crippen LogP contribution is -2.48. The van der Waals surface area contributed by atoms with Crippen molar-refractivity contribution in [2.75, 3.05) is 0 Å². The van der Waals surface area contributed by atoms with Gasteiger partial charge >= 0.3 is 5.97 Å². The SMILES string of the molecule is C[C@@H](O)[C@H](NC(=O)c1cc(Cl)c(Cl)n1C)C(=O)O. The van der Waals surface area contributed by atoms with Gasteiger partial charge in [-0.05, 0) is 13.0 Å². The van der Waals surface area contributed by atoms with E-state index in [1.807, 2.05) is 0 Å². The molecular weight excluding hydrogens is 283 g/mol. The van der Waals surface area contributed by atoms with Crippen LogP contribution in [0.1, 0.15) is 17.4 Å². The van der Waals surface area contributed by atoms with Gasteiger partial charge in [0.05, 0.1) is 11.1 Å². The van der Waals surface area contributed by atoms with Crippen LogP contribution in [0.25, 0.3) is 0 Å². The minimum Gasteiger partial charge on any atom is -0.480 e. The summed E-state index contributed by atoms with van der Waals surface area (Å²) in [5.41, 5.74) is 0.108. The molecule has 0 bridgehead atoms. The van der Waals surface area contributed by atoms with Gasteiger partial charge in [-0.15, -0.1) is 0 Å². The topological polar surface area (TPSA) is 91.6 Å². The molecule has 0 radical (unpaired) electrons. The highest BCUT2D eigenvalue weighted by molar-refractivity contribution is 6.41. The third kappa shape index (κ3) is 2.95. The van der Waals surface area contributed by atoms with E-state index in [1.54, 1.807) is 0 Å². The van der Waals surface area contributed by atoms with Gasteiger partial charge in [0.15, 0.2) is 6.04 Å². The van der Waals surface area contributed by atoms with E-state index < -0.39 is 24.0 Å².